The molecule has 0 radical (unpaired) electrons. The van der Waals surface area contributed by atoms with Crippen LogP contribution in [0.15, 0.2) is 18.2 Å². The quantitative estimate of drug-likeness (QED) is 0.508. The van der Waals surface area contributed by atoms with Gasteiger partial charge in [0.2, 0.25) is 0 Å². The lowest BCUT2D eigenvalue weighted by Crippen LogP contribution is -2.54. The molecule has 0 saturated carbocycles. The normalized spacial score (nSPS) is 23.9. The Morgan fingerprint density at radius 2 is 2.11 bits per heavy atom. The van der Waals surface area contributed by atoms with Crippen LogP contribution in [0.3, 0.4) is 0 Å². The highest BCUT2D eigenvalue weighted by atomic mass is 127. The van der Waals surface area contributed by atoms with Crippen molar-refractivity contribution in [1.82, 2.24) is 5.32 Å². The van der Waals surface area contributed by atoms with Crippen LogP contribution in [0, 0.1) is 0 Å². The van der Waals surface area contributed by atoms with Crippen molar-refractivity contribution in [3.8, 4) is 11.5 Å². The third-order valence-electron chi connectivity index (χ3n) is 3.23. The largest absolute Gasteiger partial charge is 0.497 e. The van der Waals surface area contributed by atoms with Gasteiger partial charge in [-0.15, -0.1) is 0 Å². The molecule has 2 atom stereocenters. The van der Waals surface area contributed by atoms with Crippen LogP contribution in [0.1, 0.15) is 6.92 Å². The number of nitrogens with one attached hydrogen (secondary N) is 1. The summed E-state index contributed by atoms with van der Waals surface area (Å²) in [4.78, 5) is 2.38. The second kappa shape index (κ2) is 5.97. The molecule has 1 aliphatic heterocycles. The van der Waals surface area contributed by atoms with Crippen LogP contribution in [0.5, 0.6) is 11.5 Å². The van der Waals surface area contributed by atoms with E-state index in [2.05, 4.69) is 45.8 Å². The molecule has 0 aromatic heterocycles. The summed E-state index contributed by atoms with van der Waals surface area (Å²) in [5.41, 5.74) is 1.13. The number of hydrogen-bond acceptors (Lipinski definition) is 4. The van der Waals surface area contributed by atoms with E-state index < -0.39 is 0 Å². The second-order valence-electron chi connectivity index (χ2n) is 4.35. The molecule has 1 saturated heterocycles. The number of rotatable bonds is 3. The molecule has 0 amide bonds. The number of benzene rings is 1. The van der Waals surface area contributed by atoms with Crippen molar-refractivity contribution in [2.75, 3.05) is 32.2 Å². The SMILES string of the molecule is COc1ccc(N2CCNC(C)C2I)c(OC)c1. The minimum absolute atomic E-state index is 0.415. The van der Waals surface area contributed by atoms with Gasteiger partial charge in [0, 0.05) is 25.2 Å². The molecule has 100 valence electrons. The molecule has 0 bridgehead atoms. The van der Waals surface area contributed by atoms with Gasteiger partial charge in [0.25, 0.3) is 0 Å². The minimum Gasteiger partial charge on any atom is -0.497 e. The molecule has 4 nitrogen and oxygen atoms in total. The third-order valence-corrected chi connectivity index (χ3v) is 4.98. The monoisotopic (exact) mass is 362 g/mol. The molecule has 1 aromatic carbocycles. The van der Waals surface area contributed by atoms with Crippen molar-refractivity contribution in [1.29, 1.82) is 0 Å². The Bertz CT molecular complexity index is 414. The summed E-state index contributed by atoms with van der Waals surface area (Å²) < 4.78 is 11.1. The lowest BCUT2D eigenvalue weighted by molar-refractivity contribution is 0.391. The number of halogens is 1. The molecule has 18 heavy (non-hydrogen) atoms. The van der Waals surface area contributed by atoms with Crippen LogP contribution in [0.2, 0.25) is 0 Å². The van der Waals surface area contributed by atoms with E-state index in [9.17, 15) is 0 Å². The maximum absolute atomic E-state index is 5.48. The Morgan fingerprint density at radius 3 is 2.78 bits per heavy atom. The number of methoxy groups -OCH3 is 2. The summed E-state index contributed by atoms with van der Waals surface area (Å²) in [7, 11) is 3.37. The fraction of sp³-hybridized carbons (Fsp3) is 0.538. The van der Waals surface area contributed by atoms with E-state index in [-0.39, 0.29) is 0 Å². The highest BCUT2D eigenvalue weighted by Crippen LogP contribution is 2.35. The first kappa shape index (κ1) is 13.7. The van der Waals surface area contributed by atoms with Crippen LogP contribution in [0.25, 0.3) is 0 Å². The smallest absolute Gasteiger partial charge is 0.145 e. The summed E-state index contributed by atoms with van der Waals surface area (Å²) in [6, 6.07) is 6.45. The number of alkyl halides is 1. The van der Waals surface area contributed by atoms with E-state index in [0.29, 0.717) is 10.1 Å². The van der Waals surface area contributed by atoms with Gasteiger partial charge in [-0.3, -0.25) is 0 Å². The number of ether oxygens (including phenoxy) is 2. The first-order valence-corrected chi connectivity index (χ1v) is 7.28. The van der Waals surface area contributed by atoms with E-state index in [4.69, 9.17) is 9.47 Å². The zero-order valence-corrected chi connectivity index (χ0v) is 13.1. The van der Waals surface area contributed by atoms with Crippen molar-refractivity contribution in [3.63, 3.8) is 0 Å². The Hall–Kier alpha value is -0.690. The van der Waals surface area contributed by atoms with Gasteiger partial charge in [-0.2, -0.15) is 0 Å². The van der Waals surface area contributed by atoms with Gasteiger partial charge in [0.05, 0.1) is 24.0 Å². The molecule has 1 aromatic rings. The van der Waals surface area contributed by atoms with Crippen molar-refractivity contribution >= 4 is 28.3 Å². The van der Waals surface area contributed by atoms with E-state index >= 15 is 0 Å². The number of piperazine rings is 1. The number of nitrogens with zero attached hydrogens (tertiary/aromatic N) is 1. The Balaban J connectivity index is 2.31. The van der Waals surface area contributed by atoms with Crippen molar-refractivity contribution in [2.24, 2.45) is 0 Å². The molecule has 0 spiro atoms. The first-order valence-electron chi connectivity index (χ1n) is 6.03. The van der Waals surface area contributed by atoms with Crippen LogP contribution in [-0.4, -0.2) is 37.4 Å². The van der Waals surface area contributed by atoms with Crippen molar-refractivity contribution in [3.05, 3.63) is 18.2 Å². The average Bonchev–Trinajstić information content (AvgIpc) is 2.41. The summed E-state index contributed by atoms with van der Waals surface area (Å²) >= 11 is 2.48. The van der Waals surface area contributed by atoms with Gasteiger partial charge in [-0.25, -0.2) is 0 Å². The fourth-order valence-corrected chi connectivity index (χ4v) is 3.01. The van der Waals surface area contributed by atoms with Gasteiger partial charge in [-0.1, -0.05) is 22.6 Å². The molecule has 5 heteroatoms. The first-order chi connectivity index (χ1) is 8.67. The number of anilines is 1. The molecule has 2 rings (SSSR count). The molecule has 1 heterocycles. The van der Waals surface area contributed by atoms with Crippen LogP contribution in [0.4, 0.5) is 5.69 Å². The molecule has 1 fully saturated rings. The Kier molecular flexibility index (Phi) is 4.55. The predicted molar refractivity (Wildman–Crippen MR) is 82.2 cm³/mol. The van der Waals surface area contributed by atoms with E-state index in [1.807, 2.05) is 12.1 Å². The Labute approximate surface area is 122 Å². The van der Waals surface area contributed by atoms with Gasteiger partial charge in [0.1, 0.15) is 11.5 Å². The predicted octanol–water partition coefficient (Wildman–Crippen LogP) is 2.26. The second-order valence-corrected chi connectivity index (χ2v) is 5.62. The van der Waals surface area contributed by atoms with E-state index in [1.165, 1.54) is 0 Å². The molecule has 1 N–H and O–H groups in total. The van der Waals surface area contributed by atoms with Crippen LogP contribution in [-0.2, 0) is 0 Å². The van der Waals surface area contributed by atoms with Gasteiger partial charge < -0.3 is 19.7 Å². The fourth-order valence-electron chi connectivity index (χ4n) is 2.18. The van der Waals surface area contributed by atoms with E-state index in [1.54, 1.807) is 14.2 Å². The maximum Gasteiger partial charge on any atom is 0.145 e. The molecule has 0 aliphatic carbocycles. The summed E-state index contributed by atoms with van der Waals surface area (Å²) in [6.07, 6.45) is 0. The Morgan fingerprint density at radius 1 is 1.33 bits per heavy atom. The zero-order valence-electron chi connectivity index (χ0n) is 10.9. The van der Waals surface area contributed by atoms with Gasteiger partial charge in [0.15, 0.2) is 0 Å². The zero-order chi connectivity index (χ0) is 13.1. The maximum atomic E-state index is 5.48. The molecular weight excluding hydrogens is 343 g/mol. The summed E-state index contributed by atoms with van der Waals surface area (Å²) in [5.74, 6) is 1.69. The van der Waals surface area contributed by atoms with Crippen molar-refractivity contribution < 1.29 is 9.47 Å². The molecular formula is C13H19IN2O2. The average molecular weight is 362 g/mol. The summed E-state index contributed by atoms with van der Waals surface area (Å²) in [5, 5.41) is 3.48. The number of hydrogen-bond donors (Lipinski definition) is 1. The van der Waals surface area contributed by atoms with Crippen molar-refractivity contribution in [2.45, 2.75) is 17.0 Å². The highest BCUT2D eigenvalue weighted by molar-refractivity contribution is 14.1. The van der Waals surface area contributed by atoms with Gasteiger partial charge in [-0.05, 0) is 19.1 Å². The molecule has 2 unspecified atom stereocenters. The van der Waals surface area contributed by atoms with Crippen LogP contribution < -0.4 is 19.7 Å². The molecule has 1 aliphatic rings. The summed E-state index contributed by atoms with van der Waals surface area (Å²) in [6.45, 7) is 4.19. The van der Waals surface area contributed by atoms with Crippen LogP contribution >= 0.6 is 22.6 Å². The lowest BCUT2D eigenvalue weighted by Gasteiger charge is -2.39. The van der Waals surface area contributed by atoms with E-state index in [0.717, 1.165) is 30.3 Å². The standard InChI is InChI=1S/C13H19IN2O2/c1-9-13(14)16(7-6-15-9)11-5-4-10(17-2)8-12(11)18-3/h4-5,8-9,13,15H,6-7H2,1-3H3. The lowest BCUT2D eigenvalue weighted by atomic mass is 10.2. The third kappa shape index (κ3) is 2.66. The topological polar surface area (TPSA) is 33.7 Å². The minimum atomic E-state index is 0.415. The van der Waals surface area contributed by atoms with Gasteiger partial charge >= 0.3 is 0 Å². The highest BCUT2D eigenvalue weighted by Gasteiger charge is 2.27.